The minimum Gasteiger partial charge on any atom is -0.495 e. The summed E-state index contributed by atoms with van der Waals surface area (Å²) in [5, 5.41) is 5.94. The van der Waals surface area contributed by atoms with E-state index >= 15 is 0 Å². The second-order valence-corrected chi connectivity index (χ2v) is 6.67. The van der Waals surface area contributed by atoms with E-state index in [0.717, 1.165) is 5.56 Å². The van der Waals surface area contributed by atoms with Gasteiger partial charge < -0.3 is 20.1 Å². The van der Waals surface area contributed by atoms with Gasteiger partial charge in [-0.2, -0.15) is 0 Å². The minimum absolute atomic E-state index is 0.302. The number of hydrogen-bond acceptors (Lipinski definition) is 5. The van der Waals surface area contributed by atoms with Crippen LogP contribution in [0.5, 0.6) is 11.5 Å². The Kier molecular flexibility index (Phi) is 5.51. The van der Waals surface area contributed by atoms with Crippen molar-refractivity contribution in [3.63, 3.8) is 0 Å². The normalized spacial score (nSPS) is 14.2. The van der Waals surface area contributed by atoms with Gasteiger partial charge in [0.05, 0.1) is 24.9 Å². The third kappa shape index (κ3) is 3.98. The summed E-state index contributed by atoms with van der Waals surface area (Å²) in [7, 11) is 2.95. The number of methoxy groups -OCH3 is 2. The number of halogens is 1. The number of aromatic nitrogens is 1. The van der Waals surface area contributed by atoms with Gasteiger partial charge in [-0.05, 0) is 24.5 Å². The number of nitrogens with one attached hydrogen (secondary N) is 2. The van der Waals surface area contributed by atoms with Gasteiger partial charge in [0, 0.05) is 31.1 Å². The first-order chi connectivity index (χ1) is 13.0. The second kappa shape index (κ2) is 7.84. The Morgan fingerprint density at radius 1 is 1.19 bits per heavy atom. The van der Waals surface area contributed by atoms with Crippen LogP contribution in [0.15, 0.2) is 36.7 Å². The molecule has 0 saturated heterocycles. The van der Waals surface area contributed by atoms with Crippen LogP contribution in [-0.2, 0) is 16.1 Å². The average molecular weight is 390 g/mol. The number of carbonyl (C=O) groups excluding carboxylic acids is 2. The molecule has 1 fully saturated rings. The molecule has 0 aliphatic heterocycles. The van der Waals surface area contributed by atoms with Crippen LogP contribution < -0.4 is 20.1 Å². The van der Waals surface area contributed by atoms with E-state index in [1.165, 1.54) is 14.2 Å². The molecule has 3 rings (SSSR count). The molecule has 1 aromatic heterocycles. The fraction of sp³-hybridized carbons (Fsp3) is 0.316. The lowest BCUT2D eigenvalue weighted by Gasteiger charge is -2.18. The van der Waals surface area contributed by atoms with Gasteiger partial charge in [-0.3, -0.25) is 14.6 Å². The van der Waals surface area contributed by atoms with Gasteiger partial charge in [0.1, 0.15) is 16.9 Å². The van der Waals surface area contributed by atoms with E-state index in [0.29, 0.717) is 41.6 Å². The molecule has 1 aromatic carbocycles. The summed E-state index contributed by atoms with van der Waals surface area (Å²) < 4.78 is 10.4. The van der Waals surface area contributed by atoms with Gasteiger partial charge in [0.2, 0.25) is 11.8 Å². The zero-order chi connectivity index (χ0) is 19.4. The highest BCUT2D eigenvalue weighted by Gasteiger charge is 2.56. The smallest absolute Gasteiger partial charge is 0.240 e. The summed E-state index contributed by atoms with van der Waals surface area (Å²) >= 11 is 6.08. The van der Waals surface area contributed by atoms with Crippen molar-refractivity contribution in [3.05, 3.63) is 47.2 Å². The number of ether oxygens (including phenoxy) is 2. The van der Waals surface area contributed by atoms with E-state index in [4.69, 9.17) is 21.1 Å². The number of anilines is 1. The van der Waals surface area contributed by atoms with Crippen LogP contribution >= 0.6 is 11.6 Å². The fourth-order valence-electron chi connectivity index (χ4n) is 2.74. The predicted octanol–water partition coefficient (Wildman–Crippen LogP) is 2.79. The largest absolute Gasteiger partial charge is 0.495 e. The predicted molar refractivity (Wildman–Crippen MR) is 101 cm³/mol. The van der Waals surface area contributed by atoms with Gasteiger partial charge in [-0.15, -0.1) is 0 Å². The maximum atomic E-state index is 12.8. The Hall–Kier alpha value is -2.80. The van der Waals surface area contributed by atoms with E-state index in [9.17, 15) is 9.59 Å². The van der Waals surface area contributed by atoms with Crippen molar-refractivity contribution in [1.29, 1.82) is 0 Å². The molecule has 2 N–H and O–H groups in total. The fourth-order valence-corrected chi connectivity index (χ4v) is 2.97. The highest BCUT2D eigenvalue weighted by Crippen LogP contribution is 2.47. The van der Waals surface area contributed by atoms with E-state index in [1.54, 1.807) is 30.6 Å². The number of pyridine rings is 1. The Bertz CT molecular complexity index is 854. The molecule has 2 aromatic rings. The van der Waals surface area contributed by atoms with E-state index in [-0.39, 0.29) is 11.8 Å². The maximum Gasteiger partial charge on any atom is 0.240 e. The third-order valence-electron chi connectivity index (χ3n) is 4.52. The molecule has 142 valence electrons. The van der Waals surface area contributed by atoms with Gasteiger partial charge in [-0.1, -0.05) is 17.7 Å². The summed E-state index contributed by atoms with van der Waals surface area (Å²) in [6, 6.07) is 6.78. The SMILES string of the molecule is COc1cc(NC(=O)C2(C(=O)NCc3cccnc3)CC2)c(OC)cc1Cl. The van der Waals surface area contributed by atoms with Crippen LogP contribution in [0.4, 0.5) is 5.69 Å². The van der Waals surface area contributed by atoms with Crippen molar-refractivity contribution in [2.24, 2.45) is 5.41 Å². The molecular formula is C19H20ClN3O4. The molecule has 7 nitrogen and oxygen atoms in total. The van der Waals surface area contributed by atoms with Crippen molar-refractivity contribution >= 4 is 29.1 Å². The van der Waals surface area contributed by atoms with Crippen molar-refractivity contribution in [2.75, 3.05) is 19.5 Å². The molecule has 0 atom stereocenters. The van der Waals surface area contributed by atoms with Gasteiger partial charge >= 0.3 is 0 Å². The number of carbonyl (C=O) groups is 2. The molecule has 1 heterocycles. The number of rotatable bonds is 7. The van der Waals surface area contributed by atoms with E-state index < -0.39 is 5.41 Å². The summed E-state index contributed by atoms with van der Waals surface area (Å²) in [5.74, 6) is 0.108. The van der Waals surface area contributed by atoms with E-state index in [1.807, 2.05) is 6.07 Å². The van der Waals surface area contributed by atoms with Crippen LogP contribution in [0.1, 0.15) is 18.4 Å². The monoisotopic (exact) mass is 389 g/mol. The van der Waals surface area contributed by atoms with Crippen LogP contribution in [-0.4, -0.2) is 31.0 Å². The number of amides is 2. The molecule has 1 aliphatic carbocycles. The summed E-state index contributed by atoms with van der Waals surface area (Å²) in [5.41, 5.74) is 0.196. The highest BCUT2D eigenvalue weighted by molar-refractivity contribution is 6.32. The third-order valence-corrected chi connectivity index (χ3v) is 4.81. The second-order valence-electron chi connectivity index (χ2n) is 6.27. The Morgan fingerprint density at radius 2 is 1.93 bits per heavy atom. The summed E-state index contributed by atoms with van der Waals surface area (Å²) in [6.07, 6.45) is 4.31. The van der Waals surface area contributed by atoms with Crippen molar-refractivity contribution in [3.8, 4) is 11.5 Å². The molecule has 8 heteroatoms. The maximum absolute atomic E-state index is 12.8. The molecule has 1 saturated carbocycles. The summed E-state index contributed by atoms with van der Waals surface area (Å²) in [4.78, 5) is 29.4. The lowest BCUT2D eigenvalue weighted by Crippen LogP contribution is -2.39. The van der Waals surface area contributed by atoms with Crippen LogP contribution in [0.25, 0.3) is 0 Å². The topological polar surface area (TPSA) is 89.5 Å². The quantitative estimate of drug-likeness (QED) is 0.711. The lowest BCUT2D eigenvalue weighted by molar-refractivity contribution is -0.134. The Balaban J connectivity index is 1.71. The minimum atomic E-state index is -1.07. The first-order valence-electron chi connectivity index (χ1n) is 8.40. The Labute approximate surface area is 162 Å². The summed E-state index contributed by atoms with van der Waals surface area (Å²) in [6.45, 7) is 0.319. The highest BCUT2D eigenvalue weighted by atomic mass is 35.5. The van der Waals surface area contributed by atoms with Crippen LogP contribution in [0.3, 0.4) is 0 Å². The van der Waals surface area contributed by atoms with Crippen molar-refractivity contribution in [1.82, 2.24) is 10.3 Å². The van der Waals surface area contributed by atoms with Gasteiger partial charge in [0.15, 0.2) is 0 Å². The standard InChI is InChI=1S/C19H20ClN3O4/c1-26-15-9-14(16(27-2)8-13(15)20)23-18(25)19(5-6-19)17(24)22-11-12-4-3-7-21-10-12/h3-4,7-10H,5-6,11H2,1-2H3,(H,22,24)(H,23,25). The van der Waals surface area contributed by atoms with E-state index in [2.05, 4.69) is 15.6 Å². The molecule has 0 radical (unpaired) electrons. The molecule has 2 amide bonds. The van der Waals surface area contributed by atoms with Gasteiger partial charge in [0.25, 0.3) is 0 Å². The molecule has 1 aliphatic rings. The first kappa shape index (κ1) is 19.0. The molecule has 0 unspecified atom stereocenters. The van der Waals surface area contributed by atoms with Gasteiger partial charge in [-0.25, -0.2) is 0 Å². The number of nitrogens with zero attached hydrogens (tertiary/aromatic N) is 1. The lowest BCUT2D eigenvalue weighted by atomic mass is 10.0. The van der Waals surface area contributed by atoms with Crippen LogP contribution in [0, 0.1) is 5.41 Å². The zero-order valence-electron chi connectivity index (χ0n) is 15.0. The van der Waals surface area contributed by atoms with Crippen LogP contribution in [0.2, 0.25) is 5.02 Å². The van der Waals surface area contributed by atoms with Crippen molar-refractivity contribution < 1.29 is 19.1 Å². The first-order valence-corrected chi connectivity index (χ1v) is 8.78. The molecule has 0 spiro atoms. The number of hydrogen-bond donors (Lipinski definition) is 2. The molecule has 0 bridgehead atoms. The Morgan fingerprint density at radius 3 is 2.52 bits per heavy atom. The average Bonchev–Trinajstić information content (AvgIpc) is 3.50. The van der Waals surface area contributed by atoms with Crippen molar-refractivity contribution in [2.45, 2.75) is 19.4 Å². The number of benzene rings is 1. The molecule has 27 heavy (non-hydrogen) atoms. The zero-order valence-corrected chi connectivity index (χ0v) is 15.8. The molecular weight excluding hydrogens is 370 g/mol.